The fraction of sp³-hybridized carbons (Fsp3) is 0.250. The lowest BCUT2D eigenvalue weighted by molar-refractivity contribution is -0.139. The van der Waals surface area contributed by atoms with Crippen molar-refractivity contribution in [2.24, 2.45) is 0 Å². The van der Waals surface area contributed by atoms with Crippen LogP contribution in [0.15, 0.2) is 42.5 Å². The largest absolute Gasteiger partial charge is 0.479 e. The van der Waals surface area contributed by atoms with Gasteiger partial charge < -0.3 is 15.7 Å². The van der Waals surface area contributed by atoms with E-state index in [1.807, 2.05) is 19.9 Å². The molecular weight excluding hydrogens is 332 g/mol. The van der Waals surface area contributed by atoms with Crippen molar-refractivity contribution in [1.29, 1.82) is 0 Å². The molecule has 0 saturated heterocycles. The van der Waals surface area contributed by atoms with Crippen LogP contribution in [0, 0.1) is 13.8 Å². The topological polar surface area (TPSA) is 95.5 Å². The highest BCUT2D eigenvalue weighted by molar-refractivity contribution is 5.99. The number of carboxylic acid groups (broad SMARTS) is 1. The van der Waals surface area contributed by atoms with Gasteiger partial charge in [-0.25, -0.2) is 4.79 Å². The first kappa shape index (κ1) is 19.2. The molecule has 136 valence electrons. The van der Waals surface area contributed by atoms with E-state index < -0.39 is 17.9 Å². The summed E-state index contributed by atoms with van der Waals surface area (Å²) in [7, 11) is 0. The van der Waals surface area contributed by atoms with Crippen LogP contribution in [0.25, 0.3) is 0 Å². The molecule has 0 radical (unpaired) electrons. The molecule has 1 atom stereocenters. The first-order valence-electron chi connectivity index (χ1n) is 8.32. The normalized spacial score (nSPS) is 11.5. The summed E-state index contributed by atoms with van der Waals surface area (Å²) in [5, 5.41) is 14.7. The van der Waals surface area contributed by atoms with Gasteiger partial charge in [0.15, 0.2) is 6.04 Å². The highest BCUT2D eigenvalue weighted by Crippen LogP contribution is 2.19. The van der Waals surface area contributed by atoms with Crippen LogP contribution in [0.3, 0.4) is 0 Å². The zero-order chi connectivity index (χ0) is 19.3. The maximum atomic E-state index is 12.5. The number of carboxylic acids is 1. The quantitative estimate of drug-likeness (QED) is 0.742. The average Bonchev–Trinajstić information content (AvgIpc) is 2.61. The van der Waals surface area contributed by atoms with Crippen molar-refractivity contribution in [2.75, 3.05) is 5.32 Å². The molecule has 1 unspecified atom stereocenters. The molecule has 3 N–H and O–H groups in total. The second-order valence-electron chi connectivity index (χ2n) is 6.07. The maximum absolute atomic E-state index is 12.5. The van der Waals surface area contributed by atoms with Crippen molar-refractivity contribution in [1.82, 2.24) is 5.32 Å². The number of amides is 2. The summed E-state index contributed by atoms with van der Waals surface area (Å²) < 4.78 is 0. The molecule has 0 aliphatic heterocycles. The minimum atomic E-state index is -1.16. The van der Waals surface area contributed by atoms with E-state index in [9.17, 15) is 19.5 Å². The van der Waals surface area contributed by atoms with Crippen LogP contribution in [0.1, 0.15) is 46.4 Å². The Bertz CT molecular complexity index is 845. The van der Waals surface area contributed by atoms with Gasteiger partial charge in [0.05, 0.1) is 0 Å². The second kappa shape index (κ2) is 8.29. The molecule has 0 bridgehead atoms. The third kappa shape index (κ3) is 4.69. The lowest BCUT2D eigenvalue weighted by atomic mass is 10.0. The molecule has 0 aliphatic rings. The molecule has 6 nitrogen and oxygen atoms in total. The van der Waals surface area contributed by atoms with E-state index in [2.05, 4.69) is 10.6 Å². The van der Waals surface area contributed by atoms with Crippen molar-refractivity contribution in [3.05, 3.63) is 64.7 Å². The second-order valence-corrected chi connectivity index (χ2v) is 6.07. The summed E-state index contributed by atoms with van der Waals surface area (Å²) in [5.74, 6) is -1.83. The standard InChI is InChI=1S/C20H22N2O4/c1-4-17(23)21-16-7-5-6-15(11-16)19(24)22-18(20(25)26)14-9-8-12(2)13(3)10-14/h5-11,18H,4H2,1-3H3,(H,21,23)(H,22,24)(H,25,26). The number of nitrogens with one attached hydrogen (secondary N) is 2. The van der Waals surface area contributed by atoms with Gasteiger partial charge in [0.2, 0.25) is 5.91 Å². The van der Waals surface area contributed by atoms with Gasteiger partial charge in [0.1, 0.15) is 0 Å². The molecule has 0 heterocycles. The summed E-state index contributed by atoms with van der Waals surface area (Å²) >= 11 is 0. The van der Waals surface area contributed by atoms with Gasteiger partial charge in [-0.2, -0.15) is 0 Å². The average molecular weight is 354 g/mol. The molecule has 2 aromatic carbocycles. The Labute approximate surface area is 152 Å². The fourth-order valence-electron chi connectivity index (χ4n) is 2.43. The number of carbonyl (C=O) groups is 3. The number of hydrogen-bond donors (Lipinski definition) is 3. The van der Waals surface area contributed by atoms with Crippen LogP contribution in [0.5, 0.6) is 0 Å². The Morgan fingerprint density at radius 3 is 2.38 bits per heavy atom. The maximum Gasteiger partial charge on any atom is 0.330 e. The van der Waals surface area contributed by atoms with Crippen molar-refractivity contribution in [3.63, 3.8) is 0 Å². The molecule has 2 aromatic rings. The van der Waals surface area contributed by atoms with Gasteiger partial charge in [-0.1, -0.05) is 31.2 Å². The molecule has 0 spiro atoms. The lowest BCUT2D eigenvalue weighted by Crippen LogP contribution is -2.33. The molecule has 0 aromatic heterocycles. The fourth-order valence-corrected chi connectivity index (χ4v) is 2.43. The predicted octanol–water partition coefficient (Wildman–Crippen LogP) is 3.21. The molecule has 26 heavy (non-hydrogen) atoms. The molecular formula is C20H22N2O4. The van der Waals surface area contributed by atoms with Gasteiger partial charge >= 0.3 is 5.97 Å². The molecule has 2 rings (SSSR count). The van der Waals surface area contributed by atoms with Crippen LogP contribution >= 0.6 is 0 Å². The molecule has 0 fully saturated rings. The highest BCUT2D eigenvalue weighted by atomic mass is 16.4. The summed E-state index contributed by atoms with van der Waals surface area (Å²) in [4.78, 5) is 35.6. The molecule has 0 saturated carbocycles. The Kier molecular flexibility index (Phi) is 6.11. The third-order valence-corrected chi connectivity index (χ3v) is 4.12. The zero-order valence-electron chi connectivity index (χ0n) is 15.0. The minimum Gasteiger partial charge on any atom is -0.479 e. The van der Waals surface area contributed by atoms with E-state index in [1.54, 1.807) is 37.3 Å². The number of aliphatic carboxylic acids is 1. The Hall–Kier alpha value is -3.15. The highest BCUT2D eigenvalue weighted by Gasteiger charge is 2.23. The van der Waals surface area contributed by atoms with Crippen molar-refractivity contribution in [3.8, 4) is 0 Å². The smallest absolute Gasteiger partial charge is 0.330 e. The van der Waals surface area contributed by atoms with Crippen LogP contribution in [-0.2, 0) is 9.59 Å². The number of carbonyl (C=O) groups excluding carboxylic acids is 2. The predicted molar refractivity (Wildman–Crippen MR) is 99.1 cm³/mol. The van der Waals surface area contributed by atoms with Crippen LogP contribution in [0.2, 0.25) is 0 Å². The van der Waals surface area contributed by atoms with Crippen LogP contribution < -0.4 is 10.6 Å². The van der Waals surface area contributed by atoms with Gasteiger partial charge in [-0.15, -0.1) is 0 Å². The molecule has 0 aliphatic carbocycles. The summed E-state index contributed by atoms with van der Waals surface area (Å²) in [6.45, 7) is 5.55. The number of benzene rings is 2. The van der Waals surface area contributed by atoms with Gasteiger partial charge in [-0.05, 0) is 48.7 Å². The Morgan fingerprint density at radius 1 is 1.04 bits per heavy atom. The van der Waals surface area contributed by atoms with E-state index in [1.165, 1.54) is 6.07 Å². The monoisotopic (exact) mass is 354 g/mol. The van der Waals surface area contributed by atoms with Crippen molar-refractivity contribution >= 4 is 23.5 Å². The first-order chi connectivity index (χ1) is 12.3. The van der Waals surface area contributed by atoms with Gasteiger partial charge in [0, 0.05) is 17.7 Å². The van der Waals surface area contributed by atoms with E-state index in [0.29, 0.717) is 17.7 Å². The SMILES string of the molecule is CCC(=O)Nc1cccc(C(=O)NC(C(=O)O)c2ccc(C)c(C)c2)c1. The Morgan fingerprint density at radius 2 is 1.77 bits per heavy atom. The van der Waals surface area contributed by atoms with Gasteiger partial charge in [0.25, 0.3) is 5.91 Å². The van der Waals surface area contributed by atoms with Crippen LogP contribution in [-0.4, -0.2) is 22.9 Å². The summed E-state index contributed by atoms with van der Waals surface area (Å²) in [6, 6.07) is 10.5. The number of aryl methyl sites for hydroxylation is 2. The first-order valence-corrected chi connectivity index (χ1v) is 8.32. The number of anilines is 1. The van der Waals surface area contributed by atoms with E-state index in [0.717, 1.165) is 11.1 Å². The van der Waals surface area contributed by atoms with E-state index in [-0.39, 0.29) is 11.5 Å². The van der Waals surface area contributed by atoms with E-state index in [4.69, 9.17) is 0 Å². The van der Waals surface area contributed by atoms with Crippen molar-refractivity contribution < 1.29 is 19.5 Å². The zero-order valence-corrected chi connectivity index (χ0v) is 15.0. The Balaban J connectivity index is 2.22. The third-order valence-electron chi connectivity index (χ3n) is 4.12. The lowest BCUT2D eigenvalue weighted by Gasteiger charge is -2.16. The van der Waals surface area contributed by atoms with Gasteiger partial charge in [-0.3, -0.25) is 9.59 Å². The van der Waals surface area contributed by atoms with Crippen molar-refractivity contribution in [2.45, 2.75) is 33.2 Å². The molecule has 2 amide bonds. The molecule has 6 heteroatoms. The minimum absolute atomic E-state index is 0.166. The summed E-state index contributed by atoms with van der Waals surface area (Å²) in [5.41, 5.74) is 3.26. The number of rotatable bonds is 6. The number of hydrogen-bond acceptors (Lipinski definition) is 3. The van der Waals surface area contributed by atoms with Crippen LogP contribution in [0.4, 0.5) is 5.69 Å². The summed E-state index contributed by atoms with van der Waals surface area (Å²) in [6.07, 6.45) is 0.324. The van der Waals surface area contributed by atoms with E-state index >= 15 is 0 Å².